The molecule has 0 saturated carbocycles. The molecular formula is C16H17N3O. The molecule has 4 heteroatoms. The highest BCUT2D eigenvalue weighted by atomic mass is 16.5. The Labute approximate surface area is 119 Å². The number of ether oxygens (including phenoxy) is 1. The molecule has 0 fully saturated rings. The van der Waals surface area contributed by atoms with Crippen LogP contribution in [0.3, 0.4) is 0 Å². The third kappa shape index (κ3) is 2.35. The quantitative estimate of drug-likeness (QED) is 0.838. The molecule has 1 heterocycles. The van der Waals surface area contributed by atoms with Crippen molar-refractivity contribution in [3.63, 3.8) is 0 Å². The zero-order valence-corrected chi connectivity index (χ0v) is 12.4. The van der Waals surface area contributed by atoms with E-state index < -0.39 is 0 Å². The Hall–Kier alpha value is -2.41. The molecule has 0 unspecified atom stereocenters. The third-order valence-corrected chi connectivity index (χ3v) is 3.40. The maximum atomic E-state index is 9.06. The molecule has 102 valence electrons. The van der Waals surface area contributed by atoms with Crippen molar-refractivity contribution in [2.24, 2.45) is 0 Å². The van der Waals surface area contributed by atoms with Crippen molar-refractivity contribution in [3.8, 4) is 23.1 Å². The minimum atomic E-state index is 0.368. The highest BCUT2D eigenvalue weighted by Gasteiger charge is 2.16. The van der Waals surface area contributed by atoms with Gasteiger partial charge in [-0.1, -0.05) is 6.07 Å². The molecule has 1 aromatic heterocycles. The largest absolute Gasteiger partial charge is 0.496 e. The summed E-state index contributed by atoms with van der Waals surface area (Å²) < 4.78 is 5.56. The lowest BCUT2D eigenvalue weighted by Crippen LogP contribution is -2.01. The van der Waals surface area contributed by atoms with E-state index >= 15 is 0 Å². The minimum absolute atomic E-state index is 0.368. The molecular weight excluding hydrogens is 250 g/mol. The van der Waals surface area contributed by atoms with E-state index in [0.29, 0.717) is 11.5 Å². The molecule has 2 aromatic rings. The highest BCUT2D eigenvalue weighted by Crippen LogP contribution is 2.36. The lowest BCUT2D eigenvalue weighted by Gasteiger charge is -2.16. The molecule has 0 bridgehead atoms. The smallest absolute Gasteiger partial charge is 0.144 e. The average molecular weight is 267 g/mol. The van der Waals surface area contributed by atoms with Crippen LogP contribution in [0, 0.1) is 39.0 Å². The summed E-state index contributed by atoms with van der Waals surface area (Å²) >= 11 is 0. The average Bonchev–Trinajstić information content (AvgIpc) is 2.41. The van der Waals surface area contributed by atoms with Gasteiger partial charge in [-0.2, -0.15) is 5.26 Å². The fourth-order valence-corrected chi connectivity index (χ4v) is 2.38. The van der Waals surface area contributed by atoms with Crippen molar-refractivity contribution < 1.29 is 4.74 Å². The first-order valence-corrected chi connectivity index (χ1v) is 6.39. The number of nitrogens with zero attached hydrogens (tertiary/aromatic N) is 3. The lowest BCUT2D eigenvalue weighted by molar-refractivity contribution is 0.412. The second-order valence-electron chi connectivity index (χ2n) is 4.84. The van der Waals surface area contributed by atoms with E-state index in [1.54, 1.807) is 20.1 Å². The van der Waals surface area contributed by atoms with Crippen LogP contribution in [0.2, 0.25) is 0 Å². The Morgan fingerprint density at radius 1 is 1.05 bits per heavy atom. The second kappa shape index (κ2) is 5.30. The Kier molecular flexibility index (Phi) is 3.71. The minimum Gasteiger partial charge on any atom is -0.496 e. The first-order chi connectivity index (χ1) is 9.47. The molecule has 0 aliphatic rings. The maximum Gasteiger partial charge on any atom is 0.144 e. The van der Waals surface area contributed by atoms with Crippen LogP contribution in [0.5, 0.6) is 5.75 Å². The summed E-state index contributed by atoms with van der Waals surface area (Å²) in [6, 6.07) is 5.88. The monoisotopic (exact) mass is 267 g/mol. The van der Waals surface area contributed by atoms with Gasteiger partial charge in [-0.25, -0.2) is 9.97 Å². The van der Waals surface area contributed by atoms with Crippen LogP contribution >= 0.6 is 0 Å². The fraction of sp³-hybridized carbons (Fsp3) is 0.312. The van der Waals surface area contributed by atoms with E-state index in [1.165, 1.54) is 5.56 Å². The molecule has 0 aliphatic carbocycles. The van der Waals surface area contributed by atoms with Gasteiger partial charge in [-0.05, 0) is 44.4 Å². The summed E-state index contributed by atoms with van der Waals surface area (Å²) in [6.45, 7) is 7.89. The van der Waals surface area contributed by atoms with E-state index in [2.05, 4.69) is 29.0 Å². The third-order valence-electron chi connectivity index (χ3n) is 3.40. The predicted octanol–water partition coefficient (Wildman–Crippen LogP) is 3.26. The van der Waals surface area contributed by atoms with Crippen molar-refractivity contribution >= 4 is 0 Å². The number of aryl methyl sites for hydroxylation is 3. The van der Waals surface area contributed by atoms with Crippen LogP contribution in [0.15, 0.2) is 12.1 Å². The van der Waals surface area contributed by atoms with Crippen LogP contribution in [0.1, 0.15) is 28.2 Å². The topological polar surface area (TPSA) is 58.8 Å². The normalized spacial score (nSPS) is 10.2. The fourth-order valence-electron chi connectivity index (χ4n) is 2.38. The predicted molar refractivity (Wildman–Crippen MR) is 77.7 cm³/mol. The molecule has 0 aliphatic heterocycles. The Balaban J connectivity index is 2.79. The number of rotatable bonds is 2. The second-order valence-corrected chi connectivity index (χ2v) is 4.84. The Morgan fingerprint density at radius 2 is 1.75 bits per heavy atom. The molecule has 0 N–H and O–H groups in total. The van der Waals surface area contributed by atoms with E-state index in [-0.39, 0.29) is 0 Å². The van der Waals surface area contributed by atoms with E-state index in [9.17, 15) is 0 Å². The van der Waals surface area contributed by atoms with Gasteiger partial charge in [0.25, 0.3) is 0 Å². The number of methoxy groups -OCH3 is 1. The van der Waals surface area contributed by atoms with Gasteiger partial charge < -0.3 is 4.74 Å². The van der Waals surface area contributed by atoms with E-state index in [0.717, 1.165) is 28.1 Å². The summed E-state index contributed by atoms with van der Waals surface area (Å²) in [6.07, 6.45) is 0. The van der Waals surface area contributed by atoms with Gasteiger partial charge in [0.2, 0.25) is 0 Å². The summed E-state index contributed by atoms with van der Waals surface area (Å²) in [5.41, 5.74) is 5.36. The number of nitriles is 1. The first-order valence-electron chi connectivity index (χ1n) is 6.39. The summed E-state index contributed by atoms with van der Waals surface area (Å²) in [4.78, 5) is 8.54. The molecule has 4 nitrogen and oxygen atoms in total. The summed E-state index contributed by atoms with van der Waals surface area (Å²) in [5.74, 6) is 1.39. The Bertz CT molecular complexity index is 715. The van der Waals surface area contributed by atoms with Crippen LogP contribution < -0.4 is 4.74 Å². The zero-order chi connectivity index (χ0) is 14.9. The van der Waals surface area contributed by atoms with Gasteiger partial charge in [-0.3, -0.25) is 0 Å². The molecule has 1 aromatic carbocycles. The van der Waals surface area contributed by atoms with Crippen LogP contribution in [-0.2, 0) is 0 Å². The molecule has 0 atom stereocenters. The van der Waals surface area contributed by atoms with Crippen LogP contribution in [0.25, 0.3) is 11.3 Å². The first kappa shape index (κ1) is 14.0. The van der Waals surface area contributed by atoms with Crippen LogP contribution in [0.4, 0.5) is 0 Å². The van der Waals surface area contributed by atoms with Gasteiger partial charge in [0.15, 0.2) is 0 Å². The van der Waals surface area contributed by atoms with Crippen molar-refractivity contribution in [2.75, 3.05) is 7.11 Å². The SMILES string of the molecule is COc1c(C)c(C)cc(C)c1-c1cc(C#N)nc(C)n1. The van der Waals surface area contributed by atoms with Gasteiger partial charge >= 0.3 is 0 Å². The maximum absolute atomic E-state index is 9.06. The molecule has 0 amide bonds. The number of benzene rings is 1. The van der Waals surface area contributed by atoms with Crippen LogP contribution in [-0.4, -0.2) is 17.1 Å². The number of hydrogen-bond acceptors (Lipinski definition) is 4. The molecule has 20 heavy (non-hydrogen) atoms. The van der Waals surface area contributed by atoms with E-state index in [1.807, 2.05) is 13.8 Å². The lowest BCUT2D eigenvalue weighted by atomic mass is 9.96. The van der Waals surface area contributed by atoms with Crippen molar-refractivity contribution in [3.05, 3.63) is 40.3 Å². The standard InChI is InChI=1S/C16H17N3O/c1-9-6-10(2)15(16(20-5)11(9)3)14-7-13(8-17)18-12(4)19-14/h6-7H,1-5H3. The van der Waals surface area contributed by atoms with Crippen molar-refractivity contribution in [1.29, 1.82) is 5.26 Å². The Morgan fingerprint density at radius 3 is 2.35 bits per heavy atom. The molecule has 0 spiro atoms. The van der Waals surface area contributed by atoms with Crippen molar-refractivity contribution in [1.82, 2.24) is 9.97 Å². The molecule has 0 radical (unpaired) electrons. The number of aromatic nitrogens is 2. The van der Waals surface area contributed by atoms with Crippen molar-refractivity contribution in [2.45, 2.75) is 27.7 Å². The summed E-state index contributed by atoms with van der Waals surface area (Å²) in [5, 5.41) is 9.06. The highest BCUT2D eigenvalue weighted by molar-refractivity contribution is 5.74. The summed E-state index contributed by atoms with van der Waals surface area (Å²) in [7, 11) is 1.66. The van der Waals surface area contributed by atoms with Gasteiger partial charge in [0, 0.05) is 11.6 Å². The van der Waals surface area contributed by atoms with Gasteiger partial charge in [0.1, 0.15) is 23.3 Å². The van der Waals surface area contributed by atoms with Gasteiger partial charge in [0.05, 0.1) is 12.8 Å². The number of hydrogen-bond donors (Lipinski definition) is 0. The molecule has 0 saturated heterocycles. The molecule has 2 rings (SSSR count). The zero-order valence-electron chi connectivity index (χ0n) is 12.4. The van der Waals surface area contributed by atoms with E-state index in [4.69, 9.17) is 10.00 Å². The van der Waals surface area contributed by atoms with Gasteiger partial charge in [-0.15, -0.1) is 0 Å².